The number of benzene rings is 2. The predicted molar refractivity (Wildman–Crippen MR) is 172 cm³/mol. The topological polar surface area (TPSA) is 164 Å². The molecule has 1 saturated heterocycles. The molecule has 0 saturated carbocycles. The van der Waals surface area contributed by atoms with E-state index in [1.807, 2.05) is 0 Å². The average molecular weight is 670 g/mol. The van der Waals surface area contributed by atoms with Crippen LogP contribution in [0.2, 0.25) is 0 Å². The number of aliphatic carboxylic acids is 1. The van der Waals surface area contributed by atoms with Crippen LogP contribution in [0.3, 0.4) is 0 Å². The fraction of sp³-hybridized carbons (Fsp3) is 0.457. The number of ketones is 1. The molecule has 0 aliphatic carbocycles. The molecular weight excluding hydrogens is 626 g/mol. The Bertz CT molecular complexity index is 1480. The standard InChI is InChI=1S/C35H43NO12/c1-7-30(39)47-21-35(2,3)32(40)33(41)36-16-9-8-13-25(36)34(42)48-26(23-11-10-12-24(19-23)46-20-29(37)38)15-14-22-17-27(43-4)31(45-6)28(18-22)44-5/h7,10-12,17-19,25-26H,1,8-9,13-16,20-21H2,2-6H3,(H,37,38)/t25?,26-/m1/s1. The number of nitrogens with zero attached hydrogens (tertiary/aromatic N) is 1. The van der Waals surface area contributed by atoms with E-state index in [1.165, 1.54) is 40.1 Å². The number of esters is 2. The number of piperidine rings is 1. The van der Waals surface area contributed by atoms with Crippen molar-refractivity contribution >= 4 is 29.6 Å². The minimum atomic E-state index is -1.35. The molecule has 1 heterocycles. The van der Waals surface area contributed by atoms with E-state index in [2.05, 4.69) is 6.58 Å². The lowest BCUT2D eigenvalue weighted by Crippen LogP contribution is -2.53. The first-order chi connectivity index (χ1) is 22.8. The summed E-state index contributed by atoms with van der Waals surface area (Å²) < 4.78 is 32.9. The molecule has 3 rings (SSSR count). The highest BCUT2D eigenvalue weighted by Crippen LogP contribution is 2.39. The molecule has 0 bridgehead atoms. The number of carbonyl (C=O) groups excluding carboxylic acids is 4. The molecule has 260 valence electrons. The SMILES string of the molecule is C=CC(=O)OCC(C)(C)C(=O)C(=O)N1CCCCC1C(=O)O[C@H](CCc1cc(OC)c(OC)c(OC)c1)c1cccc(OCC(=O)O)c1. The van der Waals surface area contributed by atoms with Gasteiger partial charge in [-0.3, -0.25) is 9.59 Å². The summed E-state index contributed by atoms with van der Waals surface area (Å²) in [6.07, 6.45) is 2.27. The van der Waals surface area contributed by atoms with Gasteiger partial charge in [0.15, 0.2) is 18.1 Å². The zero-order valence-corrected chi connectivity index (χ0v) is 27.9. The molecule has 2 atom stereocenters. The summed E-state index contributed by atoms with van der Waals surface area (Å²) in [5.41, 5.74) is -0.0157. The Morgan fingerprint density at radius 2 is 1.71 bits per heavy atom. The van der Waals surface area contributed by atoms with Gasteiger partial charge >= 0.3 is 17.9 Å². The number of ether oxygens (including phenoxy) is 6. The third kappa shape index (κ3) is 9.72. The molecule has 0 radical (unpaired) electrons. The van der Waals surface area contributed by atoms with Crippen LogP contribution >= 0.6 is 0 Å². The van der Waals surface area contributed by atoms with E-state index in [4.69, 9.17) is 33.5 Å². The van der Waals surface area contributed by atoms with Crippen molar-refractivity contribution in [2.45, 2.75) is 58.1 Å². The number of aryl methyl sites for hydroxylation is 1. The maximum absolute atomic E-state index is 13.8. The van der Waals surface area contributed by atoms with Crippen LogP contribution in [0.15, 0.2) is 49.1 Å². The first kappa shape index (κ1) is 37.4. The van der Waals surface area contributed by atoms with Crippen molar-refractivity contribution in [1.82, 2.24) is 4.90 Å². The van der Waals surface area contributed by atoms with Gasteiger partial charge in [-0.25, -0.2) is 14.4 Å². The molecule has 1 N–H and O–H groups in total. The van der Waals surface area contributed by atoms with Gasteiger partial charge in [0, 0.05) is 12.6 Å². The molecular formula is C35H43NO12. The number of carboxylic acids is 1. The molecule has 0 spiro atoms. The van der Waals surface area contributed by atoms with Gasteiger partial charge in [0.2, 0.25) is 11.5 Å². The van der Waals surface area contributed by atoms with E-state index in [1.54, 1.807) is 36.4 Å². The Morgan fingerprint density at radius 3 is 2.31 bits per heavy atom. The molecule has 13 heteroatoms. The summed E-state index contributed by atoms with van der Waals surface area (Å²) in [4.78, 5) is 64.5. The molecule has 1 amide bonds. The van der Waals surface area contributed by atoms with Gasteiger partial charge in [-0.2, -0.15) is 0 Å². The van der Waals surface area contributed by atoms with Crippen molar-refractivity contribution in [1.29, 1.82) is 0 Å². The number of likely N-dealkylation sites (tertiary alicyclic amines) is 1. The summed E-state index contributed by atoms with van der Waals surface area (Å²) in [6.45, 7) is 5.57. The first-order valence-corrected chi connectivity index (χ1v) is 15.4. The van der Waals surface area contributed by atoms with E-state index in [0.717, 1.165) is 11.6 Å². The molecule has 1 unspecified atom stereocenters. The summed E-state index contributed by atoms with van der Waals surface area (Å²) in [7, 11) is 4.51. The molecule has 48 heavy (non-hydrogen) atoms. The van der Waals surface area contributed by atoms with Crippen molar-refractivity contribution < 1.29 is 57.5 Å². The van der Waals surface area contributed by atoms with Gasteiger partial charge < -0.3 is 38.4 Å². The van der Waals surface area contributed by atoms with E-state index in [9.17, 15) is 24.0 Å². The number of hydrogen-bond donors (Lipinski definition) is 1. The predicted octanol–water partition coefficient (Wildman–Crippen LogP) is 4.10. The van der Waals surface area contributed by atoms with Crippen LogP contribution in [-0.4, -0.2) is 86.7 Å². The summed E-state index contributed by atoms with van der Waals surface area (Å²) in [6, 6.07) is 9.10. The van der Waals surface area contributed by atoms with E-state index >= 15 is 0 Å². The molecule has 1 fully saturated rings. The second-order valence-electron chi connectivity index (χ2n) is 11.8. The number of rotatable bonds is 17. The minimum absolute atomic E-state index is 0.168. The Labute approximate surface area is 279 Å². The normalized spacial score (nSPS) is 15.0. The maximum Gasteiger partial charge on any atom is 0.341 e. The lowest BCUT2D eigenvalue weighted by Gasteiger charge is -2.36. The highest BCUT2D eigenvalue weighted by Gasteiger charge is 2.42. The average Bonchev–Trinajstić information content (AvgIpc) is 3.10. The maximum atomic E-state index is 13.8. The number of carbonyl (C=O) groups is 5. The fourth-order valence-electron chi connectivity index (χ4n) is 5.26. The Morgan fingerprint density at radius 1 is 1.02 bits per heavy atom. The van der Waals surface area contributed by atoms with Crippen LogP contribution < -0.4 is 18.9 Å². The summed E-state index contributed by atoms with van der Waals surface area (Å²) in [5.74, 6) is -2.64. The molecule has 2 aromatic rings. The highest BCUT2D eigenvalue weighted by molar-refractivity contribution is 6.38. The van der Waals surface area contributed by atoms with Crippen LogP contribution in [0.5, 0.6) is 23.0 Å². The van der Waals surface area contributed by atoms with E-state index < -0.39 is 53.8 Å². The van der Waals surface area contributed by atoms with Crippen molar-refractivity contribution in [3.8, 4) is 23.0 Å². The van der Waals surface area contributed by atoms with Crippen LogP contribution in [0.25, 0.3) is 0 Å². The largest absolute Gasteiger partial charge is 0.493 e. The van der Waals surface area contributed by atoms with Gasteiger partial charge in [-0.1, -0.05) is 18.7 Å². The smallest absolute Gasteiger partial charge is 0.341 e. The first-order valence-electron chi connectivity index (χ1n) is 15.4. The Kier molecular flexibility index (Phi) is 13.4. The van der Waals surface area contributed by atoms with Gasteiger partial charge in [-0.15, -0.1) is 0 Å². The minimum Gasteiger partial charge on any atom is -0.493 e. The lowest BCUT2D eigenvalue weighted by molar-refractivity contribution is -0.165. The second kappa shape index (κ2) is 17.2. The van der Waals surface area contributed by atoms with Gasteiger partial charge in [-0.05, 0) is 81.3 Å². The monoisotopic (exact) mass is 669 g/mol. The Hall–Kier alpha value is -5.07. The van der Waals surface area contributed by atoms with Crippen LogP contribution in [0, 0.1) is 5.41 Å². The van der Waals surface area contributed by atoms with Crippen molar-refractivity contribution in [2.24, 2.45) is 5.41 Å². The number of carboxylic acid groups (broad SMARTS) is 1. The number of methoxy groups -OCH3 is 3. The van der Waals surface area contributed by atoms with Gasteiger partial charge in [0.25, 0.3) is 5.91 Å². The van der Waals surface area contributed by atoms with E-state index in [0.29, 0.717) is 42.1 Å². The number of hydrogen-bond acceptors (Lipinski definition) is 11. The van der Waals surface area contributed by atoms with Gasteiger partial charge in [0.1, 0.15) is 24.5 Å². The van der Waals surface area contributed by atoms with Gasteiger partial charge in [0.05, 0.1) is 26.7 Å². The number of Topliss-reactive ketones (excluding diaryl/α,β-unsaturated/α-hetero) is 1. The van der Waals surface area contributed by atoms with Crippen molar-refractivity contribution in [3.05, 3.63) is 60.2 Å². The highest BCUT2D eigenvalue weighted by atomic mass is 16.6. The molecule has 0 aromatic heterocycles. The number of amides is 1. The van der Waals surface area contributed by atoms with Crippen LogP contribution in [-0.2, 0) is 39.9 Å². The van der Waals surface area contributed by atoms with Crippen LogP contribution in [0.4, 0.5) is 0 Å². The fourth-order valence-corrected chi connectivity index (χ4v) is 5.26. The molecule has 1 aliphatic rings. The van der Waals surface area contributed by atoms with Crippen molar-refractivity contribution in [3.63, 3.8) is 0 Å². The summed E-state index contributed by atoms with van der Waals surface area (Å²) >= 11 is 0. The lowest BCUT2D eigenvalue weighted by atomic mass is 9.87. The third-order valence-electron chi connectivity index (χ3n) is 7.86. The second-order valence-corrected chi connectivity index (χ2v) is 11.8. The quantitative estimate of drug-likeness (QED) is 0.146. The zero-order valence-electron chi connectivity index (χ0n) is 27.9. The van der Waals surface area contributed by atoms with Crippen LogP contribution in [0.1, 0.15) is 56.8 Å². The third-order valence-corrected chi connectivity index (χ3v) is 7.86. The molecule has 13 nitrogen and oxygen atoms in total. The summed E-state index contributed by atoms with van der Waals surface area (Å²) in [5, 5.41) is 9.07. The van der Waals surface area contributed by atoms with E-state index in [-0.39, 0.29) is 31.7 Å². The van der Waals surface area contributed by atoms with Crippen molar-refractivity contribution in [2.75, 3.05) is 41.1 Å². The Balaban J connectivity index is 1.89. The molecule has 1 aliphatic heterocycles. The molecule has 2 aromatic carbocycles. The zero-order chi connectivity index (χ0) is 35.4.